The molecule has 20 heavy (non-hydrogen) atoms. The van der Waals surface area contributed by atoms with Crippen LogP contribution in [0.25, 0.3) is 0 Å². The largest absolute Gasteiger partial charge is 0.481 e. The van der Waals surface area contributed by atoms with E-state index in [0.29, 0.717) is 36.9 Å². The van der Waals surface area contributed by atoms with E-state index >= 15 is 0 Å². The molecule has 1 saturated carbocycles. The molecule has 1 fully saturated rings. The smallest absolute Gasteiger partial charge is 0.306 e. The van der Waals surface area contributed by atoms with Crippen molar-refractivity contribution in [3.63, 3.8) is 0 Å². The lowest BCUT2D eigenvalue weighted by molar-refractivity contribution is -0.141. The number of carboxylic acids is 1. The lowest BCUT2D eigenvalue weighted by Crippen LogP contribution is -2.16. The van der Waals surface area contributed by atoms with E-state index in [-0.39, 0.29) is 11.7 Å². The van der Waals surface area contributed by atoms with Crippen molar-refractivity contribution in [1.82, 2.24) is 0 Å². The first kappa shape index (κ1) is 14.2. The summed E-state index contributed by atoms with van der Waals surface area (Å²) in [4.78, 5) is 35.3. The van der Waals surface area contributed by atoms with E-state index in [1.807, 2.05) is 0 Å². The number of carbonyl (C=O) groups excluding carboxylic acids is 2. The lowest BCUT2D eigenvalue weighted by atomic mass is 9.95. The molecular formula is C15H17NO4. The van der Waals surface area contributed by atoms with Crippen molar-refractivity contribution in [2.24, 2.45) is 11.8 Å². The van der Waals surface area contributed by atoms with Crippen molar-refractivity contribution in [2.45, 2.75) is 19.3 Å². The van der Waals surface area contributed by atoms with Crippen LogP contribution in [0.1, 0.15) is 29.6 Å². The topological polar surface area (TPSA) is 74.7 Å². The standard InChI is InChI=1S/C15H17NO4/c1-16(9-17)13-6-4-10(5-7-13)14(18)11-2-3-12(8-11)15(19)20/h4-7,9,11-12H,2-3,8H2,1H3,(H,19,20). The number of carbonyl (C=O) groups is 3. The minimum Gasteiger partial charge on any atom is -0.481 e. The predicted octanol–water partition coefficient (Wildman–Crippen LogP) is 1.96. The van der Waals surface area contributed by atoms with Crippen LogP contribution in [0.4, 0.5) is 5.69 Å². The van der Waals surface area contributed by atoms with Crippen LogP contribution >= 0.6 is 0 Å². The van der Waals surface area contributed by atoms with Gasteiger partial charge >= 0.3 is 5.97 Å². The number of benzene rings is 1. The summed E-state index contributed by atoms with van der Waals surface area (Å²) in [6.07, 6.45) is 2.32. The molecule has 2 rings (SSSR count). The summed E-state index contributed by atoms with van der Waals surface area (Å²) < 4.78 is 0. The number of hydrogen-bond acceptors (Lipinski definition) is 3. The van der Waals surface area contributed by atoms with Gasteiger partial charge in [0.05, 0.1) is 5.92 Å². The summed E-state index contributed by atoms with van der Waals surface area (Å²) >= 11 is 0. The Labute approximate surface area is 117 Å². The van der Waals surface area contributed by atoms with Crippen LogP contribution in [0.15, 0.2) is 24.3 Å². The molecule has 1 aliphatic carbocycles. The van der Waals surface area contributed by atoms with Crippen molar-refractivity contribution in [1.29, 1.82) is 0 Å². The third-order valence-electron chi connectivity index (χ3n) is 3.87. The van der Waals surface area contributed by atoms with Crippen LogP contribution in [-0.2, 0) is 9.59 Å². The molecule has 2 unspecified atom stereocenters. The van der Waals surface area contributed by atoms with E-state index in [1.54, 1.807) is 31.3 Å². The van der Waals surface area contributed by atoms with Crippen LogP contribution in [0, 0.1) is 11.8 Å². The summed E-state index contributed by atoms with van der Waals surface area (Å²) in [5, 5.41) is 8.96. The molecule has 106 valence electrons. The van der Waals surface area contributed by atoms with Gasteiger partial charge in [0.25, 0.3) is 0 Å². The second kappa shape index (κ2) is 5.86. The van der Waals surface area contributed by atoms with Crippen LogP contribution < -0.4 is 4.90 Å². The van der Waals surface area contributed by atoms with E-state index < -0.39 is 11.9 Å². The van der Waals surface area contributed by atoms with Crippen molar-refractivity contribution in [2.75, 3.05) is 11.9 Å². The van der Waals surface area contributed by atoms with Crippen LogP contribution in [0.2, 0.25) is 0 Å². The molecule has 0 aromatic heterocycles. The normalized spacial score (nSPS) is 21.4. The third kappa shape index (κ3) is 2.87. The number of aliphatic carboxylic acids is 1. The van der Waals surface area contributed by atoms with Gasteiger partial charge in [-0.25, -0.2) is 0 Å². The predicted molar refractivity (Wildman–Crippen MR) is 73.7 cm³/mol. The molecule has 1 amide bonds. The molecular weight excluding hydrogens is 258 g/mol. The molecule has 1 aliphatic rings. The first-order chi connectivity index (χ1) is 9.52. The first-order valence-corrected chi connectivity index (χ1v) is 6.58. The number of hydrogen-bond donors (Lipinski definition) is 1. The molecule has 1 aromatic rings. The van der Waals surface area contributed by atoms with Gasteiger partial charge in [0.15, 0.2) is 5.78 Å². The van der Waals surface area contributed by atoms with Gasteiger partial charge in [-0.1, -0.05) is 0 Å². The average molecular weight is 275 g/mol. The maximum Gasteiger partial charge on any atom is 0.306 e. The van der Waals surface area contributed by atoms with Gasteiger partial charge in [-0.05, 0) is 43.5 Å². The SMILES string of the molecule is CN(C=O)c1ccc(C(=O)C2CCC(C(=O)O)C2)cc1. The molecule has 0 bridgehead atoms. The zero-order valence-corrected chi connectivity index (χ0v) is 11.3. The van der Waals surface area contributed by atoms with Gasteiger partial charge in [-0.15, -0.1) is 0 Å². The summed E-state index contributed by atoms with van der Waals surface area (Å²) in [5.41, 5.74) is 1.29. The minimum absolute atomic E-state index is 0.00550. The van der Waals surface area contributed by atoms with Gasteiger partial charge in [0.2, 0.25) is 6.41 Å². The number of amides is 1. The Bertz CT molecular complexity index is 523. The zero-order valence-electron chi connectivity index (χ0n) is 11.3. The summed E-state index contributed by atoms with van der Waals surface area (Å²) in [6.45, 7) is 0. The Hall–Kier alpha value is -2.17. The highest BCUT2D eigenvalue weighted by atomic mass is 16.4. The van der Waals surface area contributed by atoms with E-state index in [1.165, 1.54) is 4.90 Å². The highest BCUT2D eigenvalue weighted by Gasteiger charge is 2.34. The Balaban J connectivity index is 2.07. The molecule has 0 aliphatic heterocycles. The molecule has 0 heterocycles. The summed E-state index contributed by atoms with van der Waals surface area (Å²) in [6, 6.07) is 6.80. The Morgan fingerprint density at radius 2 is 1.80 bits per heavy atom. The summed E-state index contributed by atoms with van der Waals surface area (Å²) in [5.74, 6) is -1.42. The second-order valence-electron chi connectivity index (χ2n) is 5.17. The van der Waals surface area contributed by atoms with Crippen molar-refractivity contribution in [3.8, 4) is 0 Å². The third-order valence-corrected chi connectivity index (χ3v) is 3.87. The van der Waals surface area contributed by atoms with Crippen molar-refractivity contribution >= 4 is 23.9 Å². The van der Waals surface area contributed by atoms with Crippen LogP contribution in [-0.4, -0.2) is 30.3 Å². The highest BCUT2D eigenvalue weighted by Crippen LogP contribution is 2.33. The first-order valence-electron chi connectivity index (χ1n) is 6.58. The van der Waals surface area contributed by atoms with Gasteiger partial charge in [-0.3, -0.25) is 14.4 Å². The fraction of sp³-hybridized carbons (Fsp3) is 0.400. The molecule has 5 nitrogen and oxygen atoms in total. The fourth-order valence-corrected chi connectivity index (χ4v) is 2.60. The molecule has 1 aromatic carbocycles. The van der Waals surface area contributed by atoms with Crippen molar-refractivity contribution < 1.29 is 19.5 Å². The number of anilines is 1. The van der Waals surface area contributed by atoms with Gasteiger partial charge in [-0.2, -0.15) is 0 Å². The van der Waals surface area contributed by atoms with E-state index in [4.69, 9.17) is 5.11 Å². The molecule has 1 N–H and O–H groups in total. The molecule has 0 saturated heterocycles. The minimum atomic E-state index is -0.816. The molecule has 0 radical (unpaired) electrons. The van der Waals surface area contributed by atoms with E-state index in [0.717, 1.165) is 0 Å². The molecule has 5 heteroatoms. The number of Topliss-reactive ketones (excluding diaryl/α,β-unsaturated/α-hetero) is 1. The van der Waals surface area contributed by atoms with Crippen LogP contribution in [0.5, 0.6) is 0 Å². The van der Waals surface area contributed by atoms with Crippen LogP contribution in [0.3, 0.4) is 0 Å². The quantitative estimate of drug-likeness (QED) is 0.658. The average Bonchev–Trinajstić information content (AvgIpc) is 2.96. The van der Waals surface area contributed by atoms with Crippen molar-refractivity contribution in [3.05, 3.63) is 29.8 Å². The van der Waals surface area contributed by atoms with Gasteiger partial charge in [0.1, 0.15) is 0 Å². The number of rotatable bonds is 5. The summed E-state index contributed by atoms with van der Waals surface area (Å²) in [7, 11) is 1.64. The monoisotopic (exact) mass is 275 g/mol. The number of carboxylic acid groups (broad SMARTS) is 1. The Morgan fingerprint density at radius 1 is 1.20 bits per heavy atom. The highest BCUT2D eigenvalue weighted by molar-refractivity contribution is 5.98. The molecule has 2 atom stereocenters. The van der Waals surface area contributed by atoms with E-state index in [9.17, 15) is 14.4 Å². The maximum absolute atomic E-state index is 12.3. The van der Waals surface area contributed by atoms with Gasteiger partial charge in [0, 0.05) is 24.2 Å². The maximum atomic E-state index is 12.3. The van der Waals surface area contributed by atoms with Gasteiger partial charge < -0.3 is 10.0 Å². The fourth-order valence-electron chi connectivity index (χ4n) is 2.60. The Kier molecular flexibility index (Phi) is 4.17. The second-order valence-corrected chi connectivity index (χ2v) is 5.17. The zero-order chi connectivity index (χ0) is 14.7. The number of ketones is 1. The van der Waals surface area contributed by atoms with E-state index in [2.05, 4.69) is 0 Å². The Morgan fingerprint density at radius 3 is 2.30 bits per heavy atom. The number of nitrogens with zero attached hydrogens (tertiary/aromatic N) is 1. The molecule has 0 spiro atoms. The lowest BCUT2D eigenvalue weighted by Gasteiger charge is -2.12.